The second-order valence-corrected chi connectivity index (χ2v) is 2.77. The SMILES string of the molecule is C=C(C(C)=O)[C@H](O)C(C)C. The monoisotopic (exact) mass is 142 g/mol. The van der Waals surface area contributed by atoms with E-state index in [0.717, 1.165) is 0 Å². The van der Waals surface area contributed by atoms with Crippen LogP contribution in [0.3, 0.4) is 0 Å². The van der Waals surface area contributed by atoms with E-state index in [1.807, 2.05) is 13.8 Å². The zero-order valence-corrected chi connectivity index (χ0v) is 6.72. The highest BCUT2D eigenvalue weighted by Gasteiger charge is 2.15. The Morgan fingerprint density at radius 1 is 1.50 bits per heavy atom. The first-order valence-corrected chi connectivity index (χ1v) is 3.34. The highest BCUT2D eigenvalue weighted by atomic mass is 16.3. The molecule has 0 saturated heterocycles. The van der Waals surface area contributed by atoms with E-state index in [2.05, 4.69) is 6.58 Å². The molecule has 0 bridgehead atoms. The summed E-state index contributed by atoms with van der Waals surface area (Å²) in [4.78, 5) is 10.6. The standard InChI is InChI=1S/C8H14O2/c1-5(2)8(10)6(3)7(4)9/h5,8,10H,3H2,1-2,4H3/t8-/m1/s1. The van der Waals surface area contributed by atoms with E-state index in [1.165, 1.54) is 6.92 Å². The molecule has 0 unspecified atom stereocenters. The Bertz CT molecular complexity index is 147. The van der Waals surface area contributed by atoms with Crippen molar-refractivity contribution in [2.45, 2.75) is 26.9 Å². The molecular formula is C8H14O2. The van der Waals surface area contributed by atoms with Gasteiger partial charge in [0.25, 0.3) is 0 Å². The Balaban J connectivity index is 4.08. The van der Waals surface area contributed by atoms with Crippen LogP contribution in [0.25, 0.3) is 0 Å². The zero-order chi connectivity index (χ0) is 8.31. The largest absolute Gasteiger partial charge is 0.388 e. The topological polar surface area (TPSA) is 37.3 Å². The molecule has 0 spiro atoms. The minimum atomic E-state index is -0.683. The summed E-state index contributed by atoms with van der Waals surface area (Å²) in [6.45, 7) is 8.58. The molecule has 0 saturated carbocycles. The van der Waals surface area contributed by atoms with Crippen LogP contribution in [0, 0.1) is 5.92 Å². The number of hydrogen-bond acceptors (Lipinski definition) is 2. The summed E-state index contributed by atoms with van der Waals surface area (Å²) >= 11 is 0. The lowest BCUT2D eigenvalue weighted by molar-refractivity contribution is -0.114. The minimum absolute atomic E-state index is 0.0661. The Hall–Kier alpha value is -0.630. The predicted octanol–water partition coefficient (Wildman–Crippen LogP) is 1.15. The van der Waals surface area contributed by atoms with Gasteiger partial charge in [0.1, 0.15) is 0 Å². The third-order valence-electron chi connectivity index (χ3n) is 1.44. The smallest absolute Gasteiger partial charge is 0.157 e. The van der Waals surface area contributed by atoms with Crippen LogP contribution in [0.5, 0.6) is 0 Å². The summed E-state index contributed by atoms with van der Waals surface area (Å²) in [5, 5.41) is 9.24. The van der Waals surface area contributed by atoms with Crippen LogP contribution in [0.1, 0.15) is 20.8 Å². The van der Waals surface area contributed by atoms with Crippen molar-refractivity contribution in [3.8, 4) is 0 Å². The molecule has 10 heavy (non-hydrogen) atoms. The lowest BCUT2D eigenvalue weighted by atomic mass is 9.98. The van der Waals surface area contributed by atoms with E-state index in [0.29, 0.717) is 5.57 Å². The summed E-state index contributed by atoms with van der Waals surface area (Å²) in [7, 11) is 0. The number of aliphatic hydroxyl groups is 1. The molecule has 0 aliphatic rings. The first-order chi connectivity index (χ1) is 4.46. The van der Waals surface area contributed by atoms with Gasteiger partial charge in [-0.05, 0) is 12.8 Å². The lowest BCUT2D eigenvalue weighted by Gasteiger charge is -2.14. The van der Waals surface area contributed by atoms with Gasteiger partial charge in [-0.1, -0.05) is 20.4 Å². The van der Waals surface area contributed by atoms with Crippen LogP contribution in [0.2, 0.25) is 0 Å². The first-order valence-electron chi connectivity index (χ1n) is 3.34. The van der Waals surface area contributed by atoms with E-state index in [-0.39, 0.29) is 11.7 Å². The predicted molar refractivity (Wildman–Crippen MR) is 40.7 cm³/mol. The second kappa shape index (κ2) is 3.52. The quantitative estimate of drug-likeness (QED) is 0.600. The van der Waals surface area contributed by atoms with E-state index >= 15 is 0 Å². The summed E-state index contributed by atoms with van der Waals surface area (Å²) < 4.78 is 0. The number of aliphatic hydroxyl groups excluding tert-OH is 1. The molecule has 0 fully saturated rings. The van der Waals surface area contributed by atoms with Crippen LogP contribution < -0.4 is 0 Å². The van der Waals surface area contributed by atoms with Gasteiger partial charge in [0, 0.05) is 5.57 Å². The fourth-order valence-corrected chi connectivity index (χ4v) is 0.611. The third kappa shape index (κ3) is 2.31. The fraction of sp³-hybridized carbons (Fsp3) is 0.625. The summed E-state index contributed by atoms with van der Waals surface area (Å²) in [5.41, 5.74) is 0.301. The van der Waals surface area contributed by atoms with Crippen LogP contribution >= 0.6 is 0 Å². The maximum absolute atomic E-state index is 10.6. The van der Waals surface area contributed by atoms with Crippen molar-refractivity contribution in [2.75, 3.05) is 0 Å². The highest BCUT2D eigenvalue weighted by molar-refractivity contribution is 5.93. The van der Waals surface area contributed by atoms with E-state index in [4.69, 9.17) is 0 Å². The van der Waals surface area contributed by atoms with Crippen molar-refractivity contribution in [3.63, 3.8) is 0 Å². The number of carbonyl (C=O) groups excluding carboxylic acids is 1. The number of hydrogen-bond donors (Lipinski definition) is 1. The van der Waals surface area contributed by atoms with Gasteiger partial charge in [0.05, 0.1) is 6.10 Å². The molecule has 58 valence electrons. The fourth-order valence-electron chi connectivity index (χ4n) is 0.611. The Morgan fingerprint density at radius 2 is 1.90 bits per heavy atom. The van der Waals surface area contributed by atoms with Crippen molar-refractivity contribution in [1.82, 2.24) is 0 Å². The van der Waals surface area contributed by atoms with Crippen molar-refractivity contribution in [3.05, 3.63) is 12.2 Å². The third-order valence-corrected chi connectivity index (χ3v) is 1.44. The lowest BCUT2D eigenvalue weighted by Crippen LogP contribution is -2.20. The van der Waals surface area contributed by atoms with Crippen LogP contribution in [-0.2, 0) is 4.79 Å². The van der Waals surface area contributed by atoms with E-state index in [1.54, 1.807) is 0 Å². The normalized spacial score (nSPS) is 13.3. The van der Waals surface area contributed by atoms with E-state index < -0.39 is 6.10 Å². The molecular weight excluding hydrogens is 128 g/mol. The molecule has 0 heterocycles. The molecule has 0 aromatic heterocycles. The average Bonchev–Trinajstić information content (AvgIpc) is 1.84. The number of Topliss-reactive ketones (excluding diaryl/α,β-unsaturated/α-hetero) is 1. The van der Waals surface area contributed by atoms with Gasteiger partial charge < -0.3 is 5.11 Å². The van der Waals surface area contributed by atoms with Gasteiger partial charge >= 0.3 is 0 Å². The number of carbonyl (C=O) groups is 1. The molecule has 2 nitrogen and oxygen atoms in total. The molecule has 0 aromatic carbocycles. The zero-order valence-electron chi connectivity index (χ0n) is 6.72. The van der Waals surface area contributed by atoms with Gasteiger partial charge in [-0.2, -0.15) is 0 Å². The van der Waals surface area contributed by atoms with Crippen molar-refractivity contribution >= 4 is 5.78 Å². The maximum atomic E-state index is 10.6. The maximum Gasteiger partial charge on any atom is 0.157 e. The molecule has 2 heteroatoms. The number of rotatable bonds is 3. The molecule has 0 amide bonds. The molecule has 0 rings (SSSR count). The van der Waals surface area contributed by atoms with Crippen LogP contribution in [-0.4, -0.2) is 17.0 Å². The summed E-state index contributed by atoms with van der Waals surface area (Å²) in [6.07, 6.45) is -0.683. The first kappa shape index (κ1) is 9.37. The Kier molecular flexibility index (Phi) is 3.30. The molecule has 1 N–H and O–H groups in total. The van der Waals surface area contributed by atoms with Gasteiger partial charge in [0.2, 0.25) is 0 Å². The van der Waals surface area contributed by atoms with E-state index in [9.17, 15) is 9.90 Å². The Labute approximate surface area is 61.6 Å². The molecule has 0 aliphatic carbocycles. The molecule has 0 radical (unpaired) electrons. The average molecular weight is 142 g/mol. The summed E-state index contributed by atoms with van der Waals surface area (Å²) in [5.74, 6) is -0.0717. The molecule has 1 atom stereocenters. The Morgan fingerprint density at radius 3 is 2.00 bits per heavy atom. The van der Waals surface area contributed by atoms with Crippen molar-refractivity contribution < 1.29 is 9.90 Å². The van der Waals surface area contributed by atoms with Gasteiger partial charge in [-0.3, -0.25) is 4.79 Å². The minimum Gasteiger partial charge on any atom is -0.388 e. The summed E-state index contributed by atoms with van der Waals surface area (Å²) in [6, 6.07) is 0. The van der Waals surface area contributed by atoms with Crippen LogP contribution in [0.15, 0.2) is 12.2 Å². The number of ketones is 1. The van der Waals surface area contributed by atoms with Gasteiger partial charge in [-0.15, -0.1) is 0 Å². The van der Waals surface area contributed by atoms with Crippen LogP contribution in [0.4, 0.5) is 0 Å². The van der Waals surface area contributed by atoms with Gasteiger partial charge in [0.15, 0.2) is 5.78 Å². The highest BCUT2D eigenvalue weighted by Crippen LogP contribution is 2.10. The molecule has 0 aromatic rings. The van der Waals surface area contributed by atoms with Crippen molar-refractivity contribution in [2.24, 2.45) is 5.92 Å². The van der Waals surface area contributed by atoms with Crippen molar-refractivity contribution in [1.29, 1.82) is 0 Å². The second-order valence-electron chi connectivity index (χ2n) is 2.77. The van der Waals surface area contributed by atoms with Gasteiger partial charge in [-0.25, -0.2) is 0 Å². The molecule has 0 aliphatic heterocycles.